The zero-order valence-electron chi connectivity index (χ0n) is 11.0. The number of piperidine rings is 1. The number of hydrogen-bond donors (Lipinski definition) is 1. The second-order valence-corrected chi connectivity index (χ2v) is 4.79. The molecule has 0 aromatic heterocycles. The normalized spacial score (nSPS) is 20.6. The standard InChI is InChI=1S/C13H26N2O2/c1-17-12-7-6-10-15(11-12)13(16)8-4-2-3-5-9-14/h12H,2-11,14H2,1H3. The van der Waals surface area contributed by atoms with Gasteiger partial charge in [0.2, 0.25) is 5.91 Å². The Morgan fingerprint density at radius 3 is 2.82 bits per heavy atom. The van der Waals surface area contributed by atoms with Gasteiger partial charge in [-0.05, 0) is 32.2 Å². The van der Waals surface area contributed by atoms with Crippen LogP contribution in [0.5, 0.6) is 0 Å². The molecule has 0 spiro atoms. The maximum absolute atomic E-state index is 11.9. The smallest absolute Gasteiger partial charge is 0.222 e. The molecule has 2 N–H and O–H groups in total. The van der Waals surface area contributed by atoms with Crippen molar-refractivity contribution in [2.45, 2.75) is 51.0 Å². The molecule has 0 radical (unpaired) electrons. The molecule has 0 aromatic rings. The number of rotatable bonds is 7. The summed E-state index contributed by atoms with van der Waals surface area (Å²) in [5.74, 6) is 0.291. The van der Waals surface area contributed by atoms with Crippen LogP contribution in [-0.4, -0.2) is 43.7 Å². The zero-order valence-corrected chi connectivity index (χ0v) is 11.0. The van der Waals surface area contributed by atoms with Crippen LogP contribution in [0.3, 0.4) is 0 Å². The first-order valence-electron chi connectivity index (χ1n) is 6.78. The molecule has 1 saturated heterocycles. The first-order chi connectivity index (χ1) is 8.27. The van der Waals surface area contributed by atoms with Gasteiger partial charge in [0.25, 0.3) is 0 Å². The molecule has 1 atom stereocenters. The van der Waals surface area contributed by atoms with E-state index in [1.807, 2.05) is 4.90 Å². The van der Waals surface area contributed by atoms with Crippen molar-refractivity contribution in [3.05, 3.63) is 0 Å². The van der Waals surface area contributed by atoms with Crippen LogP contribution in [0.4, 0.5) is 0 Å². The molecule has 17 heavy (non-hydrogen) atoms. The number of nitrogens with two attached hydrogens (primary N) is 1. The van der Waals surface area contributed by atoms with Crippen LogP contribution in [0.1, 0.15) is 44.9 Å². The zero-order chi connectivity index (χ0) is 12.5. The third-order valence-corrected chi connectivity index (χ3v) is 3.41. The van der Waals surface area contributed by atoms with Crippen LogP contribution in [-0.2, 0) is 9.53 Å². The molecule has 0 bridgehead atoms. The Hall–Kier alpha value is -0.610. The summed E-state index contributed by atoms with van der Waals surface area (Å²) in [6.07, 6.45) is 7.39. The van der Waals surface area contributed by atoms with E-state index in [9.17, 15) is 4.79 Å². The molecule has 4 nitrogen and oxygen atoms in total. The summed E-state index contributed by atoms with van der Waals surface area (Å²) in [6, 6.07) is 0. The van der Waals surface area contributed by atoms with Crippen LogP contribution < -0.4 is 5.73 Å². The molecule has 1 rings (SSSR count). The Bertz CT molecular complexity index is 221. The summed E-state index contributed by atoms with van der Waals surface area (Å²) in [5, 5.41) is 0. The molecular formula is C13H26N2O2. The summed E-state index contributed by atoms with van der Waals surface area (Å²) < 4.78 is 5.32. The quantitative estimate of drug-likeness (QED) is 0.689. The van der Waals surface area contributed by atoms with Gasteiger partial charge in [-0.1, -0.05) is 12.8 Å². The summed E-state index contributed by atoms with van der Waals surface area (Å²) in [6.45, 7) is 2.44. The molecule has 1 aliphatic rings. The number of unbranched alkanes of at least 4 members (excludes halogenated alkanes) is 3. The van der Waals surface area contributed by atoms with Crippen molar-refractivity contribution in [3.8, 4) is 0 Å². The van der Waals surface area contributed by atoms with Gasteiger partial charge in [-0.15, -0.1) is 0 Å². The highest BCUT2D eigenvalue weighted by Crippen LogP contribution is 2.14. The predicted molar refractivity (Wildman–Crippen MR) is 68.8 cm³/mol. The number of carbonyl (C=O) groups is 1. The van der Waals surface area contributed by atoms with E-state index in [4.69, 9.17) is 10.5 Å². The maximum Gasteiger partial charge on any atom is 0.222 e. The van der Waals surface area contributed by atoms with Crippen molar-refractivity contribution < 1.29 is 9.53 Å². The van der Waals surface area contributed by atoms with Gasteiger partial charge in [-0.25, -0.2) is 0 Å². The SMILES string of the molecule is COC1CCCN(C(=O)CCCCCCN)C1. The van der Waals surface area contributed by atoms with Gasteiger partial charge in [0.15, 0.2) is 0 Å². The molecule has 0 aliphatic carbocycles. The monoisotopic (exact) mass is 242 g/mol. The number of likely N-dealkylation sites (tertiary alicyclic amines) is 1. The van der Waals surface area contributed by atoms with Gasteiger partial charge in [-0.2, -0.15) is 0 Å². The lowest BCUT2D eigenvalue weighted by atomic mass is 10.1. The lowest BCUT2D eigenvalue weighted by molar-refractivity contribution is -0.134. The fraction of sp³-hybridized carbons (Fsp3) is 0.923. The fourth-order valence-corrected chi connectivity index (χ4v) is 2.29. The molecule has 1 heterocycles. The van der Waals surface area contributed by atoms with Crippen molar-refractivity contribution >= 4 is 5.91 Å². The first kappa shape index (κ1) is 14.5. The average molecular weight is 242 g/mol. The highest BCUT2D eigenvalue weighted by atomic mass is 16.5. The lowest BCUT2D eigenvalue weighted by Gasteiger charge is -2.32. The van der Waals surface area contributed by atoms with Gasteiger partial charge in [0.1, 0.15) is 0 Å². The topological polar surface area (TPSA) is 55.6 Å². The Morgan fingerprint density at radius 1 is 1.35 bits per heavy atom. The number of carbonyl (C=O) groups excluding carboxylic acids is 1. The van der Waals surface area contributed by atoms with Crippen molar-refractivity contribution in [2.75, 3.05) is 26.7 Å². The van der Waals surface area contributed by atoms with Crippen LogP contribution in [0.25, 0.3) is 0 Å². The minimum atomic E-state index is 0.241. The lowest BCUT2D eigenvalue weighted by Crippen LogP contribution is -2.42. The maximum atomic E-state index is 11.9. The van der Waals surface area contributed by atoms with Gasteiger partial charge in [0.05, 0.1) is 6.10 Å². The number of methoxy groups -OCH3 is 1. The van der Waals surface area contributed by atoms with Gasteiger partial charge >= 0.3 is 0 Å². The highest BCUT2D eigenvalue weighted by Gasteiger charge is 2.22. The molecular weight excluding hydrogens is 216 g/mol. The Kier molecular flexibility index (Phi) is 7.21. The van der Waals surface area contributed by atoms with E-state index in [0.29, 0.717) is 12.3 Å². The minimum absolute atomic E-state index is 0.241. The molecule has 0 saturated carbocycles. The summed E-state index contributed by atoms with van der Waals surface area (Å²) in [4.78, 5) is 13.9. The summed E-state index contributed by atoms with van der Waals surface area (Å²) >= 11 is 0. The Balaban J connectivity index is 2.14. The Morgan fingerprint density at radius 2 is 2.12 bits per heavy atom. The van der Waals surface area contributed by atoms with Crippen LogP contribution in [0.2, 0.25) is 0 Å². The van der Waals surface area contributed by atoms with E-state index in [-0.39, 0.29) is 6.10 Å². The van der Waals surface area contributed by atoms with Crippen LogP contribution >= 0.6 is 0 Å². The molecule has 1 amide bonds. The van der Waals surface area contributed by atoms with E-state index in [0.717, 1.165) is 58.2 Å². The molecule has 1 unspecified atom stereocenters. The van der Waals surface area contributed by atoms with Crippen molar-refractivity contribution in [1.29, 1.82) is 0 Å². The van der Waals surface area contributed by atoms with Crippen LogP contribution in [0, 0.1) is 0 Å². The Labute approximate surface area is 104 Å². The third kappa shape index (κ3) is 5.50. The van der Waals surface area contributed by atoms with E-state index in [1.54, 1.807) is 7.11 Å². The number of hydrogen-bond acceptors (Lipinski definition) is 3. The molecule has 100 valence electrons. The van der Waals surface area contributed by atoms with E-state index >= 15 is 0 Å². The fourth-order valence-electron chi connectivity index (χ4n) is 2.29. The molecule has 0 aromatic carbocycles. The van der Waals surface area contributed by atoms with E-state index in [1.165, 1.54) is 0 Å². The molecule has 1 aliphatic heterocycles. The minimum Gasteiger partial charge on any atom is -0.380 e. The van der Waals surface area contributed by atoms with Crippen molar-refractivity contribution in [2.24, 2.45) is 5.73 Å². The second-order valence-electron chi connectivity index (χ2n) is 4.79. The van der Waals surface area contributed by atoms with Crippen molar-refractivity contribution in [1.82, 2.24) is 4.90 Å². The van der Waals surface area contributed by atoms with E-state index in [2.05, 4.69) is 0 Å². The van der Waals surface area contributed by atoms with Gasteiger partial charge in [0, 0.05) is 26.6 Å². The van der Waals surface area contributed by atoms with E-state index < -0.39 is 0 Å². The number of ether oxygens (including phenoxy) is 1. The summed E-state index contributed by atoms with van der Waals surface area (Å²) in [7, 11) is 1.73. The molecule has 4 heteroatoms. The number of amides is 1. The van der Waals surface area contributed by atoms with Gasteiger partial charge < -0.3 is 15.4 Å². The first-order valence-corrected chi connectivity index (χ1v) is 6.78. The summed E-state index contributed by atoms with van der Waals surface area (Å²) in [5.41, 5.74) is 5.43. The largest absolute Gasteiger partial charge is 0.380 e. The molecule has 1 fully saturated rings. The number of nitrogens with zero attached hydrogens (tertiary/aromatic N) is 1. The van der Waals surface area contributed by atoms with Crippen molar-refractivity contribution in [3.63, 3.8) is 0 Å². The second kappa shape index (κ2) is 8.48. The van der Waals surface area contributed by atoms with Gasteiger partial charge in [-0.3, -0.25) is 4.79 Å². The average Bonchev–Trinajstić information content (AvgIpc) is 2.38. The predicted octanol–water partition coefficient (Wildman–Crippen LogP) is 1.53. The highest BCUT2D eigenvalue weighted by molar-refractivity contribution is 5.76. The third-order valence-electron chi connectivity index (χ3n) is 3.41. The van der Waals surface area contributed by atoms with Crippen LogP contribution in [0.15, 0.2) is 0 Å².